The molecular weight excluding hydrogens is 376 g/mol. The zero-order valence-corrected chi connectivity index (χ0v) is 18.3. The molecule has 8 heteroatoms. The first-order valence-electron chi connectivity index (χ1n) is 10.2. The van der Waals surface area contributed by atoms with Gasteiger partial charge in [-0.05, 0) is 37.5 Å². The third-order valence-electron chi connectivity index (χ3n) is 5.75. The molecule has 0 saturated heterocycles. The van der Waals surface area contributed by atoms with Crippen LogP contribution in [0.5, 0.6) is 0 Å². The van der Waals surface area contributed by atoms with Gasteiger partial charge < -0.3 is 15.6 Å². The third kappa shape index (κ3) is 3.66. The number of allylic oxidation sites excluding steroid dienone is 1. The number of aryl methyl sites for hydroxylation is 3. The molecule has 0 fully saturated rings. The number of nitrogens with zero attached hydrogens (tertiary/aromatic N) is 5. The van der Waals surface area contributed by atoms with Crippen LogP contribution in [0.1, 0.15) is 36.2 Å². The van der Waals surface area contributed by atoms with Crippen LogP contribution < -0.4 is 16.6 Å². The normalized spacial score (nSPS) is 18.1. The molecule has 158 valence electrons. The Morgan fingerprint density at radius 1 is 1.17 bits per heavy atom. The van der Waals surface area contributed by atoms with E-state index in [0.717, 1.165) is 47.0 Å². The molecule has 3 heterocycles. The van der Waals surface area contributed by atoms with Crippen LogP contribution in [-0.2, 0) is 14.1 Å². The first-order valence-corrected chi connectivity index (χ1v) is 10.2. The first-order chi connectivity index (χ1) is 14.4. The van der Waals surface area contributed by atoms with Gasteiger partial charge in [0, 0.05) is 56.8 Å². The van der Waals surface area contributed by atoms with E-state index < -0.39 is 0 Å². The number of rotatable bonds is 4. The minimum atomic E-state index is 0.136. The Morgan fingerprint density at radius 3 is 2.60 bits per heavy atom. The number of hydrogen-bond donors (Lipinski definition) is 3. The van der Waals surface area contributed by atoms with Gasteiger partial charge in [0.2, 0.25) is 0 Å². The number of aromatic nitrogens is 4. The Morgan fingerprint density at radius 2 is 1.97 bits per heavy atom. The number of hydrogen-bond acceptors (Lipinski definition) is 6. The molecule has 1 aromatic carbocycles. The van der Waals surface area contributed by atoms with Gasteiger partial charge in [0.05, 0.1) is 23.6 Å². The van der Waals surface area contributed by atoms with Crippen molar-refractivity contribution in [3.05, 3.63) is 59.2 Å². The maximum Gasteiger partial charge on any atom is 0.124 e. The molecule has 30 heavy (non-hydrogen) atoms. The minimum absolute atomic E-state index is 0.136. The fraction of sp³-hybridized carbons (Fsp3) is 0.364. The van der Waals surface area contributed by atoms with Gasteiger partial charge in [-0.3, -0.25) is 15.2 Å². The molecule has 3 aromatic rings. The number of nitrogens with one attached hydrogen (secondary N) is 2. The van der Waals surface area contributed by atoms with E-state index in [1.165, 1.54) is 11.1 Å². The van der Waals surface area contributed by atoms with Crippen molar-refractivity contribution in [2.75, 3.05) is 18.9 Å². The third-order valence-corrected chi connectivity index (χ3v) is 5.75. The summed E-state index contributed by atoms with van der Waals surface area (Å²) in [5.41, 5.74) is 10.6. The summed E-state index contributed by atoms with van der Waals surface area (Å²) >= 11 is 0. The second-order valence-corrected chi connectivity index (χ2v) is 8.02. The van der Waals surface area contributed by atoms with Gasteiger partial charge in [0.15, 0.2) is 0 Å². The van der Waals surface area contributed by atoms with Gasteiger partial charge in [-0.1, -0.05) is 12.1 Å². The summed E-state index contributed by atoms with van der Waals surface area (Å²) in [6.45, 7) is 4.93. The van der Waals surface area contributed by atoms with E-state index in [9.17, 15) is 0 Å². The van der Waals surface area contributed by atoms with E-state index in [1.807, 2.05) is 49.7 Å². The van der Waals surface area contributed by atoms with E-state index in [1.54, 1.807) is 0 Å². The Balaban J connectivity index is 1.85. The van der Waals surface area contributed by atoms with Crippen molar-refractivity contribution in [3.63, 3.8) is 0 Å². The second kappa shape index (κ2) is 7.87. The van der Waals surface area contributed by atoms with E-state index in [2.05, 4.69) is 57.2 Å². The van der Waals surface area contributed by atoms with Crippen LogP contribution in [0.4, 0.5) is 5.82 Å². The van der Waals surface area contributed by atoms with Crippen LogP contribution in [0.15, 0.2) is 42.4 Å². The van der Waals surface area contributed by atoms with Crippen molar-refractivity contribution in [3.8, 4) is 11.1 Å². The number of hydrazine groups is 1. The topological polar surface area (TPSA) is 89.0 Å². The highest BCUT2D eigenvalue weighted by Crippen LogP contribution is 2.38. The molecular formula is C22H30N8. The fourth-order valence-corrected chi connectivity index (χ4v) is 4.24. The number of anilines is 1. The highest BCUT2D eigenvalue weighted by atomic mass is 15.3. The van der Waals surface area contributed by atoms with Crippen molar-refractivity contribution in [1.82, 2.24) is 29.9 Å². The Hall–Kier alpha value is -3.26. The van der Waals surface area contributed by atoms with E-state index in [0.29, 0.717) is 0 Å². The molecule has 1 unspecified atom stereocenters. The molecule has 0 bridgehead atoms. The predicted molar refractivity (Wildman–Crippen MR) is 120 cm³/mol. The van der Waals surface area contributed by atoms with Gasteiger partial charge in [-0.25, -0.2) is 0 Å². The maximum atomic E-state index is 5.81. The quantitative estimate of drug-likeness (QED) is 0.456. The van der Waals surface area contributed by atoms with Gasteiger partial charge in [0.25, 0.3) is 0 Å². The maximum absolute atomic E-state index is 5.81. The highest BCUT2D eigenvalue weighted by molar-refractivity contribution is 5.75. The minimum Gasteiger partial charge on any atom is -0.373 e. The molecule has 1 atom stereocenters. The van der Waals surface area contributed by atoms with Crippen LogP contribution in [0.2, 0.25) is 0 Å². The molecule has 1 aliphatic rings. The molecule has 4 rings (SSSR count). The monoisotopic (exact) mass is 406 g/mol. The second-order valence-electron chi connectivity index (χ2n) is 8.02. The Bertz CT molecular complexity index is 1090. The fourth-order valence-electron chi connectivity index (χ4n) is 4.24. The summed E-state index contributed by atoms with van der Waals surface area (Å²) in [6, 6.07) is 8.85. The lowest BCUT2D eigenvalue weighted by molar-refractivity contribution is 0.454. The van der Waals surface area contributed by atoms with Crippen LogP contribution in [0.25, 0.3) is 16.8 Å². The standard InChI is InChI=1S/C22H30N8/c1-14-10-21(30(5)27-14)25-20-8-9-28(3)22(15(2)26-23)18-7-6-16(11-19(18)20)17-12-24-29(4)13-17/h6-7,10-13,20,25-26H,8-9,23H2,1-5H3/b22-15-. The summed E-state index contributed by atoms with van der Waals surface area (Å²) in [7, 11) is 6.03. The van der Waals surface area contributed by atoms with Crippen molar-refractivity contribution in [1.29, 1.82) is 0 Å². The van der Waals surface area contributed by atoms with Crippen molar-refractivity contribution >= 4 is 11.5 Å². The molecule has 8 nitrogen and oxygen atoms in total. The summed E-state index contributed by atoms with van der Waals surface area (Å²) in [6.07, 6.45) is 4.90. The molecule has 0 aliphatic carbocycles. The first kappa shape index (κ1) is 20.0. The average Bonchev–Trinajstić information content (AvgIpc) is 3.25. The SMILES string of the molecule is C/C(NN)=C1\c2ccc(-c3cnn(C)c3)cc2C(Nc2cc(C)nn2C)CCN1C. The molecule has 0 amide bonds. The lowest BCUT2D eigenvalue weighted by atomic mass is 9.93. The average molecular weight is 407 g/mol. The largest absolute Gasteiger partial charge is 0.373 e. The zero-order chi connectivity index (χ0) is 21.4. The van der Waals surface area contributed by atoms with E-state index in [-0.39, 0.29) is 6.04 Å². The molecule has 0 radical (unpaired) electrons. The predicted octanol–water partition coefficient (Wildman–Crippen LogP) is 2.77. The van der Waals surface area contributed by atoms with Gasteiger partial charge >= 0.3 is 0 Å². The summed E-state index contributed by atoms with van der Waals surface area (Å²) in [5, 5.41) is 12.6. The van der Waals surface area contributed by atoms with Crippen LogP contribution in [-0.4, -0.2) is 38.1 Å². The van der Waals surface area contributed by atoms with Crippen molar-refractivity contribution in [2.45, 2.75) is 26.3 Å². The molecule has 1 aliphatic heterocycles. The molecule has 2 aromatic heterocycles. The van der Waals surface area contributed by atoms with Gasteiger partial charge in [-0.2, -0.15) is 10.2 Å². The van der Waals surface area contributed by atoms with E-state index in [4.69, 9.17) is 5.84 Å². The summed E-state index contributed by atoms with van der Waals surface area (Å²) in [4.78, 5) is 2.27. The van der Waals surface area contributed by atoms with E-state index >= 15 is 0 Å². The molecule has 4 N–H and O–H groups in total. The Kier molecular flexibility index (Phi) is 5.26. The lowest BCUT2D eigenvalue weighted by Gasteiger charge is -2.23. The van der Waals surface area contributed by atoms with Crippen LogP contribution in [0, 0.1) is 6.92 Å². The van der Waals surface area contributed by atoms with Crippen LogP contribution in [0.3, 0.4) is 0 Å². The Labute approximate surface area is 177 Å². The molecule has 0 spiro atoms. The number of benzene rings is 1. The summed E-state index contributed by atoms with van der Waals surface area (Å²) in [5.74, 6) is 6.82. The van der Waals surface area contributed by atoms with Gasteiger partial charge in [-0.15, -0.1) is 0 Å². The number of nitrogens with two attached hydrogens (primary N) is 1. The highest BCUT2D eigenvalue weighted by Gasteiger charge is 2.26. The molecule has 0 saturated carbocycles. The summed E-state index contributed by atoms with van der Waals surface area (Å²) < 4.78 is 3.73. The van der Waals surface area contributed by atoms with Crippen LogP contribution >= 0.6 is 0 Å². The van der Waals surface area contributed by atoms with Crippen molar-refractivity contribution < 1.29 is 0 Å². The van der Waals surface area contributed by atoms with Crippen molar-refractivity contribution in [2.24, 2.45) is 19.9 Å². The smallest absolute Gasteiger partial charge is 0.124 e. The van der Waals surface area contributed by atoms with Gasteiger partial charge in [0.1, 0.15) is 5.82 Å². The lowest BCUT2D eigenvalue weighted by Crippen LogP contribution is -2.26. The zero-order valence-electron chi connectivity index (χ0n) is 18.3. The number of fused-ring (bicyclic) bond motifs is 1.